The second-order valence-electron chi connectivity index (χ2n) is 11.6. The molecular weight excluding hydrogens is 590 g/mol. The van der Waals surface area contributed by atoms with Gasteiger partial charge in [0, 0.05) is 19.7 Å². The van der Waals surface area contributed by atoms with Crippen LogP contribution in [-0.2, 0) is 16.0 Å². The second-order valence-corrected chi connectivity index (χ2v) is 12.8. The molecule has 1 aliphatic heterocycles. The van der Waals surface area contributed by atoms with Gasteiger partial charge in [0.2, 0.25) is 5.91 Å². The van der Waals surface area contributed by atoms with Crippen molar-refractivity contribution in [1.29, 1.82) is 0 Å². The predicted molar refractivity (Wildman–Crippen MR) is 182 cm³/mol. The van der Waals surface area contributed by atoms with Gasteiger partial charge < -0.3 is 20.1 Å². The number of rotatable bonds is 22. The summed E-state index contributed by atoms with van der Waals surface area (Å²) in [7, 11) is 1.76. The van der Waals surface area contributed by atoms with Crippen molar-refractivity contribution in [2.45, 2.75) is 96.1 Å². The van der Waals surface area contributed by atoms with E-state index < -0.39 is 5.97 Å². The number of ether oxygens (including phenoxy) is 1. The molecule has 1 saturated heterocycles. The molecule has 0 spiro atoms. The zero-order chi connectivity index (χ0) is 32.9. The minimum atomic E-state index is -0.918. The van der Waals surface area contributed by atoms with E-state index in [0.717, 1.165) is 42.2 Å². The topological polar surface area (TPSA) is 125 Å². The lowest BCUT2D eigenvalue weighted by molar-refractivity contribution is -0.131. The molecule has 9 nitrogen and oxygen atoms in total. The summed E-state index contributed by atoms with van der Waals surface area (Å²) in [6.07, 6.45) is 20.7. The number of carboxylic acid groups (broad SMARTS) is 1. The van der Waals surface area contributed by atoms with E-state index in [1.165, 1.54) is 63.0 Å². The summed E-state index contributed by atoms with van der Waals surface area (Å²) in [6, 6.07) is 7.36. The Morgan fingerprint density at radius 3 is 2.20 bits per heavy atom. The average Bonchev–Trinajstić information content (AvgIpc) is 3.31. The second kappa shape index (κ2) is 22.1. The van der Waals surface area contributed by atoms with E-state index in [0.29, 0.717) is 31.9 Å². The summed E-state index contributed by atoms with van der Waals surface area (Å²) in [4.78, 5) is 47.6. The van der Waals surface area contributed by atoms with Crippen molar-refractivity contribution in [3.8, 4) is 5.75 Å². The molecule has 0 aliphatic carbocycles. The predicted octanol–water partition coefficient (Wildman–Crippen LogP) is 7.43. The van der Waals surface area contributed by atoms with Crippen LogP contribution in [0.15, 0.2) is 59.7 Å². The third kappa shape index (κ3) is 17.5. The summed E-state index contributed by atoms with van der Waals surface area (Å²) in [5.74, 6) is -0.465. The molecule has 0 radical (unpaired) electrons. The van der Waals surface area contributed by atoms with Crippen molar-refractivity contribution < 1.29 is 29.0 Å². The maximum atomic E-state index is 12.3. The Hall–Kier alpha value is -3.53. The van der Waals surface area contributed by atoms with E-state index in [1.807, 2.05) is 36.4 Å². The third-order valence-electron chi connectivity index (χ3n) is 7.52. The number of unbranched alkanes of at least 4 members (excludes halogenated alkanes) is 9. The number of carbonyl (C=O) groups excluding carboxylic acids is 3. The van der Waals surface area contributed by atoms with E-state index in [-0.39, 0.29) is 22.4 Å². The smallest absolute Gasteiger partial charge is 0.328 e. The number of hydrogen-bond acceptors (Lipinski definition) is 6. The van der Waals surface area contributed by atoms with Gasteiger partial charge in [-0.15, -0.1) is 0 Å². The van der Waals surface area contributed by atoms with Crippen LogP contribution < -0.4 is 15.4 Å². The fourth-order valence-electron chi connectivity index (χ4n) is 4.83. The van der Waals surface area contributed by atoms with E-state index >= 15 is 0 Å². The van der Waals surface area contributed by atoms with Gasteiger partial charge in [-0.1, -0.05) is 99.1 Å². The van der Waals surface area contributed by atoms with Crippen molar-refractivity contribution in [3.05, 3.63) is 65.3 Å². The molecule has 1 aromatic carbocycles. The molecule has 10 heteroatoms. The Balaban J connectivity index is 1.40. The minimum Gasteiger partial charge on any atom is -0.492 e. The highest BCUT2D eigenvalue weighted by atomic mass is 32.2. The number of nitrogens with zero attached hydrogens (tertiary/aromatic N) is 1. The fraction of sp³-hybridized carbons (Fsp3) is 0.543. The Labute approximate surface area is 272 Å². The highest BCUT2D eigenvalue weighted by molar-refractivity contribution is 8.15. The van der Waals surface area contributed by atoms with Crippen LogP contribution in [0.5, 0.6) is 5.75 Å². The number of thioether (sulfide) groups is 1. The highest BCUT2D eigenvalue weighted by Gasteiger charge is 2.31. The summed E-state index contributed by atoms with van der Waals surface area (Å²) >= 11 is 1.02. The summed E-state index contributed by atoms with van der Waals surface area (Å²) in [6.45, 7) is 5.43. The number of hydrogen-bond donors (Lipinski definition) is 3. The standard InChI is InChI=1S/C35H51N3O6S/c1-27(16-14-17-28(2)25-32(39)40)15-12-10-8-6-4-5-7-9-11-13-22-36-34(42)38(3)23-24-44-30-20-18-29(19-21-30)26-31-33(41)37-35(43)45-31/h14,16-21,25,31H,4-13,15,22-24,26H2,1-3H3,(H,36,42)(H,39,40)(H,37,41,43)/b17-14+,27-16+,28-25+. The van der Waals surface area contributed by atoms with Crippen molar-refractivity contribution >= 4 is 34.9 Å². The number of aliphatic carboxylic acids is 1. The van der Waals surface area contributed by atoms with Gasteiger partial charge in [-0.25, -0.2) is 9.59 Å². The zero-order valence-electron chi connectivity index (χ0n) is 27.1. The quantitative estimate of drug-likeness (QED) is 0.0683. The van der Waals surface area contributed by atoms with Crippen molar-refractivity contribution in [3.63, 3.8) is 0 Å². The average molecular weight is 642 g/mol. The monoisotopic (exact) mass is 641 g/mol. The molecule has 1 unspecified atom stereocenters. The molecule has 45 heavy (non-hydrogen) atoms. The molecule has 0 bridgehead atoms. The number of benzene rings is 1. The number of amides is 4. The van der Waals surface area contributed by atoms with Crippen molar-refractivity contribution in [2.75, 3.05) is 26.7 Å². The number of allylic oxidation sites excluding steroid dienone is 5. The fourth-order valence-corrected chi connectivity index (χ4v) is 5.69. The molecule has 0 aromatic heterocycles. The number of carbonyl (C=O) groups is 4. The number of likely N-dealkylation sites (N-methyl/N-ethyl adjacent to an activating group) is 1. The molecule has 0 saturated carbocycles. The normalized spacial score (nSPS) is 15.4. The molecule has 3 N–H and O–H groups in total. The molecular formula is C35H51N3O6S. The van der Waals surface area contributed by atoms with E-state index in [2.05, 4.69) is 23.6 Å². The summed E-state index contributed by atoms with van der Waals surface area (Å²) in [5, 5.41) is 13.3. The summed E-state index contributed by atoms with van der Waals surface area (Å²) < 4.78 is 5.76. The first-order valence-corrected chi connectivity index (χ1v) is 17.0. The molecule has 1 aliphatic rings. The molecule has 4 amide bonds. The lowest BCUT2D eigenvalue weighted by Gasteiger charge is -2.18. The summed E-state index contributed by atoms with van der Waals surface area (Å²) in [5.41, 5.74) is 3.01. The van der Waals surface area contributed by atoms with Crippen LogP contribution >= 0.6 is 11.8 Å². The first kappa shape index (κ1) is 37.7. The maximum absolute atomic E-state index is 12.3. The Kier molecular flexibility index (Phi) is 18.5. The van der Waals surface area contributed by atoms with Crippen LogP contribution in [0.4, 0.5) is 9.59 Å². The van der Waals surface area contributed by atoms with Crippen LogP contribution in [0.1, 0.15) is 90.0 Å². The van der Waals surface area contributed by atoms with Gasteiger partial charge in [0.05, 0.1) is 11.8 Å². The van der Waals surface area contributed by atoms with Crippen molar-refractivity contribution in [2.24, 2.45) is 0 Å². The lowest BCUT2D eigenvalue weighted by Crippen LogP contribution is -2.39. The van der Waals surface area contributed by atoms with Gasteiger partial charge in [0.25, 0.3) is 5.24 Å². The lowest BCUT2D eigenvalue weighted by atomic mass is 10.0. The van der Waals surface area contributed by atoms with Crippen LogP contribution in [0, 0.1) is 0 Å². The van der Waals surface area contributed by atoms with E-state index in [9.17, 15) is 19.2 Å². The van der Waals surface area contributed by atoms with Gasteiger partial charge in [-0.2, -0.15) is 0 Å². The Bertz CT molecular complexity index is 1180. The molecule has 1 fully saturated rings. The van der Waals surface area contributed by atoms with Gasteiger partial charge in [-0.3, -0.25) is 14.9 Å². The maximum Gasteiger partial charge on any atom is 0.328 e. The van der Waals surface area contributed by atoms with E-state index in [1.54, 1.807) is 18.9 Å². The van der Waals surface area contributed by atoms with E-state index in [4.69, 9.17) is 9.84 Å². The van der Waals surface area contributed by atoms with Crippen molar-refractivity contribution in [1.82, 2.24) is 15.5 Å². The number of urea groups is 1. The van der Waals surface area contributed by atoms with Gasteiger partial charge in [0.15, 0.2) is 0 Å². The van der Waals surface area contributed by atoms with Gasteiger partial charge in [0.1, 0.15) is 12.4 Å². The largest absolute Gasteiger partial charge is 0.492 e. The number of imide groups is 1. The number of nitrogens with one attached hydrogen (secondary N) is 2. The number of carboxylic acids is 1. The highest BCUT2D eigenvalue weighted by Crippen LogP contribution is 2.24. The minimum absolute atomic E-state index is 0.0963. The molecule has 1 heterocycles. The van der Waals surface area contributed by atoms with Gasteiger partial charge >= 0.3 is 12.0 Å². The first-order chi connectivity index (χ1) is 21.6. The van der Waals surface area contributed by atoms with Gasteiger partial charge in [-0.05, 0) is 62.8 Å². The molecule has 248 valence electrons. The molecule has 1 atom stereocenters. The zero-order valence-corrected chi connectivity index (χ0v) is 28.0. The molecule has 2 rings (SSSR count). The first-order valence-electron chi connectivity index (χ1n) is 16.1. The Morgan fingerprint density at radius 1 is 0.978 bits per heavy atom. The molecule has 1 aromatic rings. The Morgan fingerprint density at radius 2 is 1.60 bits per heavy atom. The van der Waals surface area contributed by atoms with Crippen LogP contribution in [-0.4, -0.2) is 65.1 Å². The SMILES string of the molecule is CC(/C=C/C=C(\C)CCCCCCCCCCCCNC(=O)N(C)CCOc1ccc(CC2SC(=O)NC2=O)cc1)=C\C(=O)O. The third-order valence-corrected chi connectivity index (χ3v) is 8.50. The van der Waals surface area contributed by atoms with Crippen LogP contribution in [0.25, 0.3) is 0 Å². The van der Waals surface area contributed by atoms with Crippen LogP contribution in [0.2, 0.25) is 0 Å². The van der Waals surface area contributed by atoms with Crippen LogP contribution in [0.3, 0.4) is 0 Å².